The van der Waals surface area contributed by atoms with Crippen molar-refractivity contribution < 1.29 is 14.6 Å². The van der Waals surface area contributed by atoms with Crippen LogP contribution in [0.3, 0.4) is 0 Å². The molecule has 1 aromatic carbocycles. The molecule has 2 unspecified atom stereocenters. The summed E-state index contributed by atoms with van der Waals surface area (Å²) in [6.45, 7) is 1.95. The number of amides is 1. The molecule has 1 fully saturated rings. The van der Waals surface area contributed by atoms with Crippen molar-refractivity contribution in [3.63, 3.8) is 0 Å². The van der Waals surface area contributed by atoms with Crippen LogP contribution in [0.4, 0.5) is 0 Å². The lowest BCUT2D eigenvalue weighted by Crippen LogP contribution is -2.38. The summed E-state index contributed by atoms with van der Waals surface area (Å²) in [6.07, 6.45) is 0.115. The molecule has 0 aliphatic carbocycles. The van der Waals surface area contributed by atoms with E-state index in [1.807, 2.05) is 47.8 Å². The number of carbonyl (C=O) groups excluding carboxylic acids is 1. The summed E-state index contributed by atoms with van der Waals surface area (Å²) in [5.41, 5.74) is 1.07. The minimum absolute atomic E-state index is 0.0713. The molecule has 1 aromatic heterocycles. The number of nitrogens with zero attached hydrogens (tertiary/aromatic N) is 1. The highest BCUT2D eigenvalue weighted by Gasteiger charge is 2.29. The van der Waals surface area contributed by atoms with E-state index in [0.29, 0.717) is 26.3 Å². The number of carbonyl (C=O) groups is 1. The lowest BCUT2D eigenvalue weighted by Gasteiger charge is -2.27. The van der Waals surface area contributed by atoms with Crippen molar-refractivity contribution in [3.8, 4) is 0 Å². The number of thiophene rings is 1. The van der Waals surface area contributed by atoms with Crippen molar-refractivity contribution in [2.24, 2.45) is 5.92 Å². The fourth-order valence-electron chi connectivity index (χ4n) is 2.80. The van der Waals surface area contributed by atoms with Gasteiger partial charge in [-0.2, -0.15) is 0 Å². The van der Waals surface area contributed by atoms with Gasteiger partial charge in [0.05, 0.1) is 19.1 Å². The first-order valence-corrected chi connectivity index (χ1v) is 8.74. The van der Waals surface area contributed by atoms with E-state index in [0.717, 1.165) is 16.9 Å². The number of ether oxygens (including phenoxy) is 1. The maximum Gasteiger partial charge on any atom is 0.228 e. The van der Waals surface area contributed by atoms with Crippen LogP contribution in [0.5, 0.6) is 0 Å². The third-order valence-electron chi connectivity index (χ3n) is 4.07. The molecule has 1 aliphatic heterocycles. The molecule has 3 rings (SSSR count). The lowest BCUT2D eigenvalue weighted by molar-refractivity contribution is -0.137. The van der Waals surface area contributed by atoms with Crippen LogP contribution >= 0.6 is 11.3 Å². The van der Waals surface area contributed by atoms with Gasteiger partial charge in [0, 0.05) is 18.0 Å². The van der Waals surface area contributed by atoms with Crippen molar-refractivity contribution in [3.05, 3.63) is 58.3 Å². The Morgan fingerprint density at radius 1 is 1.30 bits per heavy atom. The molecule has 23 heavy (non-hydrogen) atoms. The maximum atomic E-state index is 12.8. The topological polar surface area (TPSA) is 49.8 Å². The molecule has 2 aromatic rings. The first-order valence-electron chi connectivity index (χ1n) is 7.86. The van der Waals surface area contributed by atoms with E-state index < -0.39 is 6.10 Å². The third kappa shape index (κ3) is 4.19. The summed E-state index contributed by atoms with van der Waals surface area (Å²) >= 11 is 1.51. The first-order chi connectivity index (χ1) is 11.2. The van der Waals surface area contributed by atoms with Crippen molar-refractivity contribution in [2.45, 2.75) is 19.1 Å². The zero-order valence-electron chi connectivity index (χ0n) is 12.9. The molecule has 1 saturated heterocycles. The summed E-state index contributed by atoms with van der Waals surface area (Å²) in [5, 5.41) is 12.4. The lowest BCUT2D eigenvalue weighted by atomic mass is 10.1. The fourth-order valence-corrected chi connectivity index (χ4v) is 3.51. The summed E-state index contributed by atoms with van der Waals surface area (Å²) in [4.78, 5) is 15.4. The van der Waals surface area contributed by atoms with Crippen LogP contribution in [0.15, 0.2) is 47.8 Å². The quantitative estimate of drug-likeness (QED) is 0.885. The average Bonchev–Trinajstić information content (AvgIpc) is 3.27. The highest BCUT2D eigenvalue weighted by atomic mass is 32.1. The predicted octanol–water partition coefficient (Wildman–Crippen LogP) is 2.85. The monoisotopic (exact) mass is 331 g/mol. The molecule has 1 aliphatic rings. The van der Waals surface area contributed by atoms with Crippen LogP contribution in [0.2, 0.25) is 0 Å². The van der Waals surface area contributed by atoms with E-state index in [-0.39, 0.29) is 11.8 Å². The number of hydrogen-bond acceptors (Lipinski definition) is 4. The number of aliphatic hydroxyl groups is 1. The van der Waals surface area contributed by atoms with Crippen LogP contribution in [-0.4, -0.2) is 35.7 Å². The Kier molecular flexibility index (Phi) is 5.43. The van der Waals surface area contributed by atoms with E-state index in [2.05, 4.69) is 0 Å². The molecule has 0 bridgehead atoms. The second kappa shape index (κ2) is 7.73. The van der Waals surface area contributed by atoms with Gasteiger partial charge in [-0.1, -0.05) is 36.4 Å². The van der Waals surface area contributed by atoms with Gasteiger partial charge in [-0.05, 0) is 23.4 Å². The van der Waals surface area contributed by atoms with Crippen molar-refractivity contribution in [1.29, 1.82) is 0 Å². The predicted molar refractivity (Wildman–Crippen MR) is 90.1 cm³/mol. The maximum absolute atomic E-state index is 12.8. The molecule has 122 valence electrons. The molecule has 0 spiro atoms. The van der Waals surface area contributed by atoms with E-state index in [4.69, 9.17) is 4.74 Å². The van der Waals surface area contributed by atoms with E-state index in [1.54, 1.807) is 4.90 Å². The van der Waals surface area contributed by atoms with Gasteiger partial charge < -0.3 is 14.7 Å². The third-order valence-corrected chi connectivity index (χ3v) is 5.05. The molecule has 2 atom stereocenters. The highest BCUT2D eigenvalue weighted by molar-refractivity contribution is 7.10. The van der Waals surface area contributed by atoms with E-state index in [9.17, 15) is 9.90 Å². The summed E-state index contributed by atoms with van der Waals surface area (Å²) in [6, 6.07) is 13.7. The van der Waals surface area contributed by atoms with E-state index in [1.165, 1.54) is 11.3 Å². The average molecular weight is 331 g/mol. The minimum Gasteiger partial charge on any atom is -0.386 e. The molecule has 1 N–H and O–H groups in total. The molecule has 0 saturated carbocycles. The smallest absolute Gasteiger partial charge is 0.228 e. The molecule has 5 heteroatoms. The molecular formula is C18H21NO3S. The van der Waals surface area contributed by atoms with Gasteiger partial charge in [-0.3, -0.25) is 4.79 Å². The van der Waals surface area contributed by atoms with Gasteiger partial charge in [0.2, 0.25) is 5.91 Å². The molecule has 0 radical (unpaired) electrons. The second-order valence-corrected chi connectivity index (χ2v) is 6.78. The number of aliphatic hydroxyl groups excluding tert-OH is 1. The Morgan fingerprint density at radius 3 is 2.78 bits per heavy atom. The Balaban J connectivity index is 1.73. The summed E-state index contributed by atoms with van der Waals surface area (Å²) < 4.78 is 5.35. The van der Waals surface area contributed by atoms with Gasteiger partial charge in [0.1, 0.15) is 6.10 Å². The standard InChI is InChI=1S/C18H21NO3S/c20-16(17-7-4-10-23-17)12-19(11-14-5-2-1-3-6-14)18(21)15-8-9-22-13-15/h1-7,10,15-16,20H,8-9,11-13H2. The van der Waals surface area contributed by atoms with Gasteiger partial charge in [-0.15, -0.1) is 11.3 Å². The Morgan fingerprint density at radius 2 is 2.13 bits per heavy atom. The molecule has 2 heterocycles. The van der Waals surface area contributed by atoms with E-state index >= 15 is 0 Å². The van der Waals surface area contributed by atoms with Gasteiger partial charge >= 0.3 is 0 Å². The SMILES string of the molecule is O=C(C1CCOC1)N(Cc1ccccc1)CC(O)c1cccs1. The van der Waals surface area contributed by atoms with Gasteiger partial charge in [0.25, 0.3) is 0 Å². The molecular weight excluding hydrogens is 310 g/mol. The largest absolute Gasteiger partial charge is 0.386 e. The first kappa shape index (κ1) is 16.2. The van der Waals surface area contributed by atoms with Crippen molar-refractivity contribution in [1.82, 2.24) is 4.90 Å². The number of rotatable bonds is 6. The molecule has 1 amide bonds. The Labute approximate surface area is 140 Å². The normalized spacial score (nSPS) is 18.7. The number of benzene rings is 1. The fraction of sp³-hybridized carbons (Fsp3) is 0.389. The zero-order chi connectivity index (χ0) is 16.1. The van der Waals surface area contributed by atoms with Gasteiger partial charge in [0.15, 0.2) is 0 Å². The molecule has 4 nitrogen and oxygen atoms in total. The van der Waals surface area contributed by atoms with Crippen LogP contribution in [0.1, 0.15) is 23.0 Å². The second-order valence-electron chi connectivity index (χ2n) is 5.80. The van der Waals surface area contributed by atoms with Crippen LogP contribution < -0.4 is 0 Å². The Hall–Kier alpha value is -1.69. The minimum atomic E-state index is -0.648. The van der Waals surface area contributed by atoms with Crippen molar-refractivity contribution in [2.75, 3.05) is 19.8 Å². The summed E-state index contributed by atoms with van der Waals surface area (Å²) in [7, 11) is 0. The number of hydrogen-bond donors (Lipinski definition) is 1. The van der Waals surface area contributed by atoms with Crippen LogP contribution in [-0.2, 0) is 16.1 Å². The zero-order valence-corrected chi connectivity index (χ0v) is 13.7. The van der Waals surface area contributed by atoms with Gasteiger partial charge in [-0.25, -0.2) is 0 Å². The Bertz CT molecular complexity index is 608. The van der Waals surface area contributed by atoms with Crippen LogP contribution in [0.25, 0.3) is 0 Å². The van der Waals surface area contributed by atoms with Crippen LogP contribution in [0, 0.1) is 5.92 Å². The summed E-state index contributed by atoms with van der Waals surface area (Å²) in [5.74, 6) is -0.0174. The van der Waals surface area contributed by atoms with Crippen molar-refractivity contribution >= 4 is 17.2 Å². The highest BCUT2D eigenvalue weighted by Crippen LogP contribution is 2.23.